The summed E-state index contributed by atoms with van der Waals surface area (Å²) in [5.74, 6) is 5.52. The molecule has 0 saturated carbocycles. The van der Waals surface area contributed by atoms with Crippen molar-refractivity contribution in [3.05, 3.63) is 29.8 Å². The van der Waals surface area contributed by atoms with Crippen molar-refractivity contribution in [3.8, 4) is 18.1 Å². The Morgan fingerprint density at radius 2 is 2.35 bits per heavy atom. The van der Waals surface area contributed by atoms with E-state index in [2.05, 4.69) is 23.4 Å². The van der Waals surface area contributed by atoms with Crippen molar-refractivity contribution in [1.82, 2.24) is 5.32 Å². The fraction of sp³-hybridized carbons (Fsp3) is 0.429. The number of hydrogen-bond donors (Lipinski definition) is 1. The van der Waals surface area contributed by atoms with Crippen LogP contribution in [0.25, 0.3) is 0 Å². The fourth-order valence-corrected chi connectivity index (χ4v) is 2.46. The molecule has 1 atom stereocenters. The highest BCUT2D eigenvalue weighted by Gasteiger charge is 2.21. The summed E-state index contributed by atoms with van der Waals surface area (Å²) in [7, 11) is 0. The summed E-state index contributed by atoms with van der Waals surface area (Å²) in [6.45, 7) is 1.90. The molecule has 2 rings (SSSR count). The number of terminal acetylenes is 1. The Balaban J connectivity index is 1.62. The molecule has 17 heavy (non-hydrogen) atoms. The molecule has 0 amide bonds. The standard InChI is InChI=1S/C14H17NOS/c1-2-8-17-9-7-15-11-13-10-12-5-3-4-6-14(12)16-13/h1,3-6,13,15H,7-11H2. The lowest BCUT2D eigenvalue weighted by atomic mass is 10.1. The SMILES string of the molecule is C#CCSCCNCC1Cc2ccccc2O1. The lowest BCUT2D eigenvalue weighted by Crippen LogP contribution is -2.31. The van der Waals surface area contributed by atoms with Crippen LogP contribution in [0.2, 0.25) is 0 Å². The molecule has 1 aliphatic heterocycles. The number of ether oxygens (including phenoxy) is 1. The molecular formula is C14H17NOS. The van der Waals surface area contributed by atoms with E-state index in [-0.39, 0.29) is 6.10 Å². The molecule has 2 nitrogen and oxygen atoms in total. The normalized spacial score (nSPS) is 17.2. The fourth-order valence-electron chi connectivity index (χ4n) is 1.91. The molecule has 0 aromatic heterocycles. The van der Waals surface area contributed by atoms with Gasteiger partial charge in [-0.05, 0) is 11.6 Å². The smallest absolute Gasteiger partial charge is 0.123 e. The first kappa shape index (κ1) is 12.3. The second-order valence-corrected chi connectivity index (χ2v) is 5.12. The van der Waals surface area contributed by atoms with Gasteiger partial charge in [-0.15, -0.1) is 18.2 Å². The first-order valence-corrected chi connectivity index (χ1v) is 7.02. The predicted octanol–water partition coefficient (Wildman–Crippen LogP) is 1.95. The van der Waals surface area contributed by atoms with Crippen LogP contribution in [0.5, 0.6) is 5.75 Å². The highest BCUT2D eigenvalue weighted by atomic mass is 32.2. The summed E-state index contributed by atoms with van der Waals surface area (Å²) in [4.78, 5) is 0. The summed E-state index contributed by atoms with van der Waals surface area (Å²) < 4.78 is 5.83. The topological polar surface area (TPSA) is 21.3 Å². The van der Waals surface area contributed by atoms with E-state index in [0.717, 1.165) is 36.8 Å². The molecule has 0 radical (unpaired) electrons. The van der Waals surface area contributed by atoms with E-state index in [9.17, 15) is 0 Å². The molecule has 1 N–H and O–H groups in total. The van der Waals surface area contributed by atoms with E-state index >= 15 is 0 Å². The van der Waals surface area contributed by atoms with E-state index in [4.69, 9.17) is 11.2 Å². The Labute approximate surface area is 107 Å². The molecule has 1 aromatic rings. The molecule has 3 heteroatoms. The van der Waals surface area contributed by atoms with Gasteiger partial charge in [-0.25, -0.2) is 0 Å². The Bertz CT molecular complexity index is 374. The molecule has 1 aliphatic rings. The third kappa shape index (κ3) is 3.69. The van der Waals surface area contributed by atoms with Gasteiger partial charge in [0.2, 0.25) is 0 Å². The van der Waals surface area contributed by atoms with Crippen molar-refractivity contribution in [3.63, 3.8) is 0 Å². The number of nitrogens with one attached hydrogen (secondary N) is 1. The molecule has 0 spiro atoms. The van der Waals surface area contributed by atoms with E-state index in [1.165, 1.54) is 5.56 Å². The molecule has 0 saturated heterocycles. The van der Waals surface area contributed by atoms with Crippen LogP contribution < -0.4 is 10.1 Å². The minimum Gasteiger partial charge on any atom is -0.488 e. The molecule has 90 valence electrons. The van der Waals surface area contributed by atoms with Gasteiger partial charge in [-0.3, -0.25) is 0 Å². The highest BCUT2D eigenvalue weighted by Crippen LogP contribution is 2.27. The van der Waals surface area contributed by atoms with Crippen molar-refractivity contribution >= 4 is 11.8 Å². The van der Waals surface area contributed by atoms with Crippen molar-refractivity contribution in [1.29, 1.82) is 0 Å². The maximum atomic E-state index is 5.83. The van der Waals surface area contributed by atoms with Crippen LogP contribution in [0.3, 0.4) is 0 Å². The third-order valence-corrected chi connectivity index (χ3v) is 3.56. The number of benzene rings is 1. The summed E-state index contributed by atoms with van der Waals surface area (Å²) in [5.41, 5.74) is 1.32. The molecule has 0 aliphatic carbocycles. The van der Waals surface area contributed by atoms with Crippen LogP contribution in [0.4, 0.5) is 0 Å². The van der Waals surface area contributed by atoms with E-state index < -0.39 is 0 Å². The maximum Gasteiger partial charge on any atom is 0.123 e. The molecular weight excluding hydrogens is 230 g/mol. The van der Waals surface area contributed by atoms with Crippen LogP contribution in [0, 0.1) is 12.3 Å². The average molecular weight is 247 g/mol. The van der Waals surface area contributed by atoms with Gasteiger partial charge in [-0.1, -0.05) is 24.1 Å². The predicted molar refractivity (Wildman–Crippen MR) is 73.6 cm³/mol. The van der Waals surface area contributed by atoms with Gasteiger partial charge in [0, 0.05) is 25.3 Å². The number of para-hydroxylation sites is 1. The number of fused-ring (bicyclic) bond motifs is 1. The van der Waals surface area contributed by atoms with Gasteiger partial charge < -0.3 is 10.1 Å². The average Bonchev–Trinajstić information content (AvgIpc) is 2.76. The zero-order valence-electron chi connectivity index (χ0n) is 9.82. The monoisotopic (exact) mass is 247 g/mol. The maximum absolute atomic E-state index is 5.83. The van der Waals surface area contributed by atoms with Gasteiger partial charge in [0.05, 0.1) is 5.75 Å². The van der Waals surface area contributed by atoms with Crippen LogP contribution in [0.1, 0.15) is 5.56 Å². The molecule has 1 unspecified atom stereocenters. The van der Waals surface area contributed by atoms with Crippen LogP contribution >= 0.6 is 11.8 Å². The van der Waals surface area contributed by atoms with E-state index in [1.807, 2.05) is 12.1 Å². The second-order valence-electron chi connectivity index (χ2n) is 4.01. The molecule has 0 bridgehead atoms. The van der Waals surface area contributed by atoms with Gasteiger partial charge in [0.15, 0.2) is 0 Å². The van der Waals surface area contributed by atoms with Crippen LogP contribution in [-0.4, -0.2) is 30.7 Å². The van der Waals surface area contributed by atoms with E-state index in [0.29, 0.717) is 0 Å². The molecule has 1 heterocycles. The first-order chi connectivity index (χ1) is 8.40. The van der Waals surface area contributed by atoms with Crippen molar-refractivity contribution in [2.24, 2.45) is 0 Å². The Morgan fingerprint density at radius 1 is 1.47 bits per heavy atom. The quantitative estimate of drug-likeness (QED) is 0.613. The van der Waals surface area contributed by atoms with Crippen LogP contribution in [-0.2, 0) is 6.42 Å². The highest BCUT2D eigenvalue weighted by molar-refractivity contribution is 7.99. The van der Waals surface area contributed by atoms with Crippen molar-refractivity contribution in [2.75, 3.05) is 24.6 Å². The molecule has 0 fully saturated rings. The third-order valence-electron chi connectivity index (χ3n) is 2.69. The van der Waals surface area contributed by atoms with Gasteiger partial charge >= 0.3 is 0 Å². The minimum absolute atomic E-state index is 0.282. The number of thioether (sulfide) groups is 1. The second kappa shape index (κ2) is 6.58. The Morgan fingerprint density at radius 3 is 3.18 bits per heavy atom. The largest absolute Gasteiger partial charge is 0.488 e. The van der Waals surface area contributed by atoms with Gasteiger partial charge in [0.25, 0.3) is 0 Å². The summed E-state index contributed by atoms with van der Waals surface area (Å²) in [6.07, 6.45) is 6.48. The summed E-state index contributed by atoms with van der Waals surface area (Å²) >= 11 is 1.78. The zero-order chi connectivity index (χ0) is 11.9. The molecule has 1 aromatic carbocycles. The minimum atomic E-state index is 0.282. The van der Waals surface area contributed by atoms with Crippen molar-refractivity contribution < 1.29 is 4.74 Å². The van der Waals surface area contributed by atoms with Gasteiger partial charge in [-0.2, -0.15) is 0 Å². The Kier molecular flexibility index (Phi) is 4.78. The lowest BCUT2D eigenvalue weighted by Gasteiger charge is -2.11. The van der Waals surface area contributed by atoms with Crippen molar-refractivity contribution in [2.45, 2.75) is 12.5 Å². The van der Waals surface area contributed by atoms with E-state index in [1.54, 1.807) is 11.8 Å². The summed E-state index contributed by atoms with van der Waals surface area (Å²) in [6, 6.07) is 8.26. The number of hydrogen-bond acceptors (Lipinski definition) is 3. The lowest BCUT2D eigenvalue weighted by molar-refractivity contribution is 0.229. The first-order valence-electron chi connectivity index (χ1n) is 5.86. The van der Waals surface area contributed by atoms with Crippen LogP contribution in [0.15, 0.2) is 24.3 Å². The Hall–Kier alpha value is -1.11. The summed E-state index contributed by atoms with van der Waals surface area (Å²) in [5, 5.41) is 3.41. The number of rotatable bonds is 6. The van der Waals surface area contributed by atoms with Gasteiger partial charge in [0.1, 0.15) is 11.9 Å². The zero-order valence-corrected chi connectivity index (χ0v) is 10.6.